The van der Waals surface area contributed by atoms with Gasteiger partial charge in [0.25, 0.3) is 0 Å². The summed E-state index contributed by atoms with van der Waals surface area (Å²) in [6.07, 6.45) is 3.84. The molecule has 1 fully saturated rings. The van der Waals surface area contributed by atoms with Crippen molar-refractivity contribution in [1.82, 2.24) is 5.32 Å². The van der Waals surface area contributed by atoms with E-state index < -0.39 is 0 Å². The van der Waals surface area contributed by atoms with Crippen LogP contribution in [0.3, 0.4) is 0 Å². The first-order chi connectivity index (χ1) is 9.73. The monoisotopic (exact) mass is 274 g/mol. The highest BCUT2D eigenvalue weighted by atomic mass is 16.5. The molecule has 2 aliphatic rings. The number of carbonyl (C=O) groups excluding carboxylic acids is 1. The number of piperidine rings is 1. The molecule has 0 spiro atoms. The second-order valence-electron chi connectivity index (χ2n) is 5.79. The summed E-state index contributed by atoms with van der Waals surface area (Å²) in [4.78, 5) is 12.6. The van der Waals surface area contributed by atoms with E-state index in [1.54, 1.807) is 0 Å². The summed E-state index contributed by atoms with van der Waals surface area (Å²) in [5, 5.41) is 6.45. The Bertz CT molecular complexity index is 507. The molecule has 20 heavy (non-hydrogen) atoms. The molecule has 0 bridgehead atoms. The van der Waals surface area contributed by atoms with Crippen molar-refractivity contribution < 1.29 is 9.53 Å². The number of benzene rings is 1. The summed E-state index contributed by atoms with van der Waals surface area (Å²) in [7, 11) is 0. The Morgan fingerprint density at radius 1 is 1.50 bits per heavy atom. The normalized spacial score (nSPS) is 24.9. The summed E-state index contributed by atoms with van der Waals surface area (Å²) >= 11 is 0. The van der Waals surface area contributed by atoms with Crippen molar-refractivity contribution in [1.29, 1.82) is 0 Å². The fourth-order valence-corrected chi connectivity index (χ4v) is 3.15. The highest BCUT2D eigenvalue weighted by Crippen LogP contribution is 2.33. The Labute approximate surface area is 119 Å². The van der Waals surface area contributed by atoms with Crippen LogP contribution in [-0.2, 0) is 11.2 Å². The zero-order valence-electron chi connectivity index (χ0n) is 12.0. The Kier molecular flexibility index (Phi) is 3.66. The van der Waals surface area contributed by atoms with Crippen molar-refractivity contribution in [3.63, 3.8) is 0 Å². The van der Waals surface area contributed by atoms with Gasteiger partial charge in [0.1, 0.15) is 5.75 Å². The molecule has 4 nitrogen and oxygen atoms in total. The average Bonchev–Trinajstić information content (AvgIpc) is 2.95. The molecule has 1 aromatic rings. The van der Waals surface area contributed by atoms with E-state index in [0.717, 1.165) is 56.8 Å². The first kappa shape index (κ1) is 13.4. The Morgan fingerprint density at radius 3 is 3.15 bits per heavy atom. The molecule has 4 heteroatoms. The van der Waals surface area contributed by atoms with Gasteiger partial charge < -0.3 is 15.4 Å². The van der Waals surface area contributed by atoms with Crippen molar-refractivity contribution in [2.24, 2.45) is 5.41 Å². The number of anilines is 1. The van der Waals surface area contributed by atoms with Crippen LogP contribution in [0.2, 0.25) is 0 Å². The standard InChI is InChI=1S/C16H22N2O2/c1-2-16(7-3-8-17-11-16)15(19)18-13-4-5-14-12(10-13)6-9-20-14/h4-5,10,17H,2-3,6-9,11H2,1H3,(H,18,19). The van der Waals surface area contributed by atoms with Crippen LogP contribution >= 0.6 is 0 Å². The van der Waals surface area contributed by atoms with Gasteiger partial charge in [-0.25, -0.2) is 0 Å². The van der Waals surface area contributed by atoms with Gasteiger partial charge in [-0.15, -0.1) is 0 Å². The molecule has 108 valence electrons. The second-order valence-corrected chi connectivity index (χ2v) is 5.79. The van der Waals surface area contributed by atoms with Crippen LogP contribution in [0, 0.1) is 5.41 Å². The van der Waals surface area contributed by atoms with Crippen molar-refractivity contribution >= 4 is 11.6 Å². The van der Waals surface area contributed by atoms with Gasteiger partial charge in [0, 0.05) is 18.7 Å². The highest BCUT2D eigenvalue weighted by Gasteiger charge is 2.37. The molecule has 1 aromatic carbocycles. The number of rotatable bonds is 3. The minimum absolute atomic E-state index is 0.145. The lowest BCUT2D eigenvalue weighted by molar-refractivity contribution is -0.126. The number of nitrogens with one attached hydrogen (secondary N) is 2. The quantitative estimate of drug-likeness (QED) is 0.889. The molecule has 2 heterocycles. The lowest BCUT2D eigenvalue weighted by Gasteiger charge is -2.35. The number of amides is 1. The first-order valence-corrected chi connectivity index (χ1v) is 7.51. The molecule has 0 aromatic heterocycles. The Hall–Kier alpha value is -1.55. The van der Waals surface area contributed by atoms with Gasteiger partial charge in [-0.2, -0.15) is 0 Å². The topological polar surface area (TPSA) is 50.4 Å². The van der Waals surface area contributed by atoms with Crippen LogP contribution in [0.1, 0.15) is 31.7 Å². The summed E-state index contributed by atoms with van der Waals surface area (Å²) in [6.45, 7) is 4.65. The van der Waals surface area contributed by atoms with E-state index in [-0.39, 0.29) is 11.3 Å². The molecule has 2 N–H and O–H groups in total. The van der Waals surface area contributed by atoms with Gasteiger partial charge in [-0.05, 0) is 49.6 Å². The maximum absolute atomic E-state index is 12.6. The van der Waals surface area contributed by atoms with Crippen LogP contribution in [-0.4, -0.2) is 25.6 Å². The lowest BCUT2D eigenvalue weighted by atomic mass is 9.77. The van der Waals surface area contributed by atoms with E-state index in [1.165, 1.54) is 5.56 Å². The largest absolute Gasteiger partial charge is 0.493 e. The molecular weight excluding hydrogens is 252 g/mol. The highest BCUT2D eigenvalue weighted by molar-refractivity contribution is 5.95. The number of ether oxygens (including phenoxy) is 1. The predicted octanol–water partition coefficient (Wildman–Crippen LogP) is 2.34. The third-order valence-electron chi connectivity index (χ3n) is 4.58. The summed E-state index contributed by atoms with van der Waals surface area (Å²) in [6, 6.07) is 5.93. The maximum atomic E-state index is 12.6. The van der Waals surface area contributed by atoms with E-state index in [1.807, 2.05) is 18.2 Å². The van der Waals surface area contributed by atoms with Crippen molar-refractivity contribution in [2.75, 3.05) is 25.0 Å². The van der Waals surface area contributed by atoms with Gasteiger partial charge in [0.15, 0.2) is 0 Å². The Balaban J connectivity index is 1.74. The van der Waals surface area contributed by atoms with Crippen LogP contribution in [0.25, 0.3) is 0 Å². The zero-order chi connectivity index (χ0) is 14.0. The smallest absolute Gasteiger partial charge is 0.231 e. The van der Waals surface area contributed by atoms with E-state index in [2.05, 4.69) is 17.6 Å². The van der Waals surface area contributed by atoms with Gasteiger partial charge in [-0.1, -0.05) is 6.92 Å². The molecule has 1 unspecified atom stereocenters. The fourth-order valence-electron chi connectivity index (χ4n) is 3.15. The fraction of sp³-hybridized carbons (Fsp3) is 0.562. The molecule has 0 saturated carbocycles. The van der Waals surface area contributed by atoms with Crippen LogP contribution in [0.4, 0.5) is 5.69 Å². The average molecular weight is 274 g/mol. The summed E-state index contributed by atoms with van der Waals surface area (Å²) < 4.78 is 5.49. The maximum Gasteiger partial charge on any atom is 0.231 e. The number of hydrogen-bond acceptors (Lipinski definition) is 3. The third-order valence-corrected chi connectivity index (χ3v) is 4.58. The molecule has 0 aliphatic carbocycles. The summed E-state index contributed by atoms with van der Waals surface area (Å²) in [5.41, 5.74) is 1.82. The van der Waals surface area contributed by atoms with E-state index >= 15 is 0 Å². The third kappa shape index (κ3) is 2.40. The van der Waals surface area contributed by atoms with Crippen LogP contribution < -0.4 is 15.4 Å². The van der Waals surface area contributed by atoms with Gasteiger partial charge in [0.05, 0.1) is 12.0 Å². The van der Waals surface area contributed by atoms with Gasteiger partial charge in [-0.3, -0.25) is 4.79 Å². The first-order valence-electron chi connectivity index (χ1n) is 7.51. The number of fused-ring (bicyclic) bond motifs is 1. The summed E-state index contributed by atoms with van der Waals surface area (Å²) in [5.74, 6) is 1.10. The van der Waals surface area contributed by atoms with E-state index in [9.17, 15) is 4.79 Å². The lowest BCUT2D eigenvalue weighted by Crippen LogP contribution is -2.47. The number of hydrogen-bond donors (Lipinski definition) is 2. The molecule has 3 rings (SSSR count). The van der Waals surface area contributed by atoms with Gasteiger partial charge in [0.2, 0.25) is 5.91 Å². The molecular formula is C16H22N2O2. The van der Waals surface area contributed by atoms with E-state index in [4.69, 9.17) is 4.74 Å². The van der Waals surface area contributed by atoms with Gasteiger partial charge >= 0.3 is 0 Å². The molecule has 1 saturated heterocycles. The molecule has 2 aliphatic heterocycles. The molecule has 1 amide bonds. The second kappa shape index (κ2) is 5.44. The molecule has 1 atom stereocenters. The minimum atomic E-state index is -0.256. The number of carbonyl (C=O) groups is 1. The van der Waals surface area contributed by atoms with Crippen LogP contribution in [0.15, 0.2) is 18.2 Å². The van der Waals surface area contributed by atoms with E-state index in [0.29, 0.717) is 0 Å². The zero-order valence-corrected chi connectivity index (χ0v) is 12.0. The predicted molar refractivity (Wildman–Crippen MR) is 79.1 cm³/mol. The Morgan fingerprint density at radius 2 is 2.40 bits per heavy atom. The van der Waals surface area contributed by atoms with Crippen molar-refractivity contribution in [2.45, 2.75) is 32.6 Å². The molecule has 0 radical (unpaired) electrons. The SMILES string of the molecule is CCC1(C(=O)Nc2ccc3c(c2)CCO3)CCCNC1. The van der Waals surface area contributed by atoms with Crippen molar-refractivity contribution in [3.8, 4) is 5.75 Å². The van der Waals surface area contributed by atoms with Crippen molar-refractivity contribution in [3.05, 3.63) is 23.8 Å². The van der Waals surface area contributed by atoms with Crippen LogP contribution in [0.5, 0.6) is 5.75 Å². The minimum Gasteiger partial charge on any atom is -0.493 e.